The van der Waals surface area contributed by atoms with Gasteiger partial charge in [-0.1, -0.05) is 91.0 Å². The summed E-state index contributed by atoms with van der Waals surface area (Å²) in [6.07, 6.45) is 0.723. The zero-order valence-electron chi connectivity index (χ0n) is 18.2. The summed E-state index contributed by atoms with van der Waals surface area (Å²) in [6, 6.07) is 28.8. The molecule has 1 N–H and O–H groups in total. The van der Waals surface area contributed by atoms with Gasteiger partial charge in [0.25, 0.3) is 0 Å². The monoisotopic (exact) mass is 414 g/mol. The molecule has 0 spiro atoms. The van der Waals surface area contributed by atoms with E-state index in [-0.39, 0.29) is 24.3 Å². The van der Waals surface area contributed by atoms with Crippen molar-refractivity contribution in [3.05, 3.63) is 108 Å². The molecule has 3 aromatic carbocycles. The molecule has 4 heteroatoms. The summed E-state index contributed by atoms with van der Waals surface area (Å²) in [5.74, 6) is -0.189. The number of hydrogen-bond donors (Lipinski definition) is 1. The molecule has 0 unspecified atom stereocenters. The highest BCUT2D eigenvalue weighted by Gasteiger charge is 2.30. The third-order valence-corrected chi connectivity index (χ3v) is 5.10. The third-order valence-electron chi connectivity index (χ3n) is 5.10. The molecule has 0 aromatic heterocycles. The van der Waals surface area contributed by atoms with Gasteiger partial charge in [-0.05, 0) is 30.5 Å². The van der Waals surface area contributed by atoms with Crippen molar-refractivity contribution in [3.63, 3.8) is 0 Å². The Balaban J connectivity index is 1.93. The Labute approximate surface area is 184 Å². The van der Waals surface area contributed by atoms with Crippen LogP contribution in [0.5, 0.6) is 0 Å². The zero-order valence-corrected chi connectivity index (χ0v) is 18.2. The van der Waals surface area contributed by atoms with Gasteiger partial charge in [0.05, 0.1) is 6.42 Å². The molecule has 4 nitrogen and oxygen atoms in total. The third kappa shape index (κ3) is 6.82. The molecule has 0 aliphatic carbocycles. The van der Waals surface area contributed by atoms with Gasteiger partial charge in [0, 0.05) is 19.0 Å². The fraction of sp³-hybridized carbons (Fsp3) is 0.259. The van der Waals surface area contributed by atoms with E-state index in [2.05, 4.69) is 5.32 Å². The largest absolute Gasteiger partial charge is 0.352 e. The lowest BCUT2D eigenvalue weighted by molar-refractivity contribution is -0.141. The van der Waals surface area contributed by atoms with E-state index in [1.54, 1.807) is 4.90 Å². The van der Waals surface area contributed by atoms with E-state index in [4.69, 9.17) is 0 Å². The van der Waals surface area contributed by atoms with Crippen LogP contribution >= 0.6 is 0 Å². The minimum atomic E-state index is -0.596. The van der Waals surface area contributed by atoms with Crippen molar-refractivity contribution in [1.82, 2.24) is 10.2 Å². The van der Waals surface area contributed by atoms with Crippen molar-refractivity contribution in [3.8, 4) is 0 Å². The van der Waals surface area contributed by atoms with Gasteiger partial charge in [0.15, 0.2) is 0 Å². The zero-order chi connectivity index (χ0) is 22.1. The van der Waals surface area contributed by atoms with Gasteiger partial charge in [-0.3, -0.25) is 9.59 Å². The smallest absolute Gasteiger partial charge is 0.243 e. The second kappa shape index (κ2) is 11.1. The standard InChI is InChI=1S/C27H30N2O2/c1-21(2)28-27(31)25(18-22-12-6-3-7-13-22)29(20-24-16-10-5-11-17-24)26(30)19-23-14-8-4-9-15-23/h3-17,21,25H,18-20H2,1-2H3,(H,28,31)/t25-/m0/s1. The summed E-state index contributed by atoms with van der Waals surface area (Å²) in [7, 11) is 0. The molecule has 0 heterocycles. The number of amides is 2. The molecule has 0 bridgehead atoms. The Kier molecular flexibility index (Phi) is 7.99. The van der Waals surface area contributed by atoms with Crippen molar-refractivity contribution in [2.75, 3.05) is 0 Å². The summed E-state index contributed by atoms with van der Waals surface area (Å²) in [5, 5.41) is 3.02. The summed E-state index contributed by atoms with van der Waals surface area (Å²) < 4.78 is 0. The van der Waals surface area contributed by atoms with Crippen LogP contribution in [0.2, 0.25) is 0 Å². The molecule has 0 fully saturated rings. The Hall–Kier alpha value is -3.40. The summed E-state index contributed by atoms with van der Waals surface area (Å²) in [6.45, 7) is 4.26. The fourth-order valence-electron chi connectivity index (χ4n) is 3.59. The Morgan fingerprint density at radius 1 is 0.742 bits per heavy atom. The summed E-state index contributed by atoms with van der Waals surface area (Å²) in [5.41, 5.74) is 2.96. The van der Waals surface area contributed by atoms with Crippen LogP contribution in [-0.2, 0) is 29.0 Å². The van der Waals surface area contributed by atoms with Gasteiger partial charge in [-0.15, -0.1) is 0 Å². The molecule has 0 aliphatic rings. The Morgan fingerprint density at radius 3 is 1.74 bits per heavy atom. The SMILES string of the molecule is CC(C)NC(=O)[C@H](Cc1ccccc1)N(Cc1ccccc1)C(=O)Cc1ccccc1. The average molecular weight is 415 g/mol. The van der Waals surface area contributed by atoms with Crippen LogP contribution in [0.25, 0.3) is 0 Å². The second-order valence-electron chi connectivity index (χ2n) is 8.04. The van der Waals surface area contributed by atoms with E-state index in [1.165, 1.54) is 0 Å². The number of nitrogens with one attached hydrogen (secondary N) is 1. The van der Waals surface area contributed by atoms with Crippen LogP contribution in [0.15, 0.2) is 91.0 Å². The first-order valence-electron chi connectivity index (χ1n) is 10.7. The quantitative estimate of drug-likeness (QED) is 0.564. The predicted octanol–water partition coefficient (Wildman–Crippen LogP) is 4.39. The molecule has 2 amide bonds. The number of hydrogen-bond acceptors (Lipinski definition) is 2. The topological polar surface area (TPSA) is 49.4 Å². The van der Waals surface area contributed by atoms with Gasteiger partial charge < -0.3 is 10.2 Å². The number of rotatable bonds is 9. The summed E-state index contributed by atoms with van der Waals surface area (Å²) in [4.78, 5) is 28.5. The first kappa shape index (κ1) is 22.3. The highest BCUT2D eigenvalue weighted by atomic mass is 16.2. The lowest BCUT2D eigenvalue weighted by Gasteiger charge is -2.32. The normalized spacial score (nSPS) is 11.7. The first-order valence-corrected chi connectivity index (χ1v) is 10.7. The lowest BCUT2D eigenvalue weighted by atomic mass is 10.0. The van der Waals surface area contributed by atoms with Crippen LogP contribution in [0.3, 0.4) is 0 Å². The first-order chi connectivity index (χ1) is 15.0. The highest BCUT2D eigenvalue weighted by Crippen LogP contribution is 2.16. The minimum Gasteiger partial charge on any atom is -0.352 e. The van der Waals surface area contributed by atoms with E-state index in [0.29, 0.717) is 13.0 Å². The van der Waals surface area contributed by atoms with Crippen LogP contribution < -0.4 is 5.32 Å². The number of benzene rings is 3. The number of nitrogens with zero attached hydrogens (tertiary/aromatic N) is 1. The number of carbonyl (C=O) groups is 2. The molecule has 0 saturated heterocycles. The maximum atomic E-state index is 13.5. The Bertz CT molecular complexity index is 956. The molecule has 160 valence electrons. The van der Waals surface area contributed by atoms with E-state index in [9.17, 15) is 9.59 Å². The number of carbonyl (C=O) groups excluding carboxylic acids is 2. The molecule has 0 saturated carbocycles. The molecular weight excluding hydrogens is 384 g/mol. The van der Waals surface area contributed by atoms with E-state index in [0.717, 1.165) is 16.7 Å². The second-order valence-corrected chi connectivity index (χ2v) is 8.04. The van der Waals surface area contributed by atoms with Crippen LogP contribution in [-0.4, -0.2) is 28.8 Å². The minimum absolute atomic E-state index is 0.00595. The van der Waals surface area contributed by atoms with Crippen LogP contribution in [0, 0.1) is 0 Å². The van der Waals surface area contributed by atoms with Gasteiger partial charge in [-0.2, -0.15) is 0 Å². The van der Waals surface area contributed by atoms with Gasteiger partial charge >= 0.3 is 0 Å². The molecular formula is C27H30N2O2. The van der Waals surface area contributed by atoms with Gasteiger partial charge in [0.2, 0.25) is 11.8 Å². The molecule has 31 heavy (non-hydrogen) atoms. The van der Waals surface area contributed by atoms with Crippen molar-refractivity contribution in [2.45, 2.75) is 45.3 Å². The maximum absolute atomic E-state index is 13.5. The Morgan fingerprint density at radius 2 is 1.23 bits per heavy atom. The summed E-state index contributed by atoms with van der Waals surface area (Å²) >= 11 is 0. The molecule has 0 aliphatic heterocycles. The van der Waals surface area contributed by atoms with E-state index in [1.807, 2.05) is 105 Å². The van der Waals surface area contributed by atoms with Gasteiger partial charge in [0.1, 0.15) is 6.04 Å². The van der Waals surface area contributed by atoms with E-state index < -0.39 is 6.04 Å². The highest BCUT2D eigenvalue weighted by molar-refractivity contribution is 5.89. The maximum Gasteiger partial charge on any atom is 0.243 e. The molecule has 0 radical (unpaired) electrons. The van der Waals surface area contributed by atoms with Crippen molar-refractivity contribution in [1.29, 1.82) is 0 Å². The van der Waals surface area contributed by atoms with Crippen molar-refractivity contribution < 1.29 is 9.59 Å². The lowest BCUT2D eigenvalue weighted by Crippen LogP contribution is -2.52. The molecule has 1 atom stereocenters. The van der Waals surface area contributed by atoms with Crippen LogP contribution in [0.1, 0.15) is 30.5 Å². The molecule has 3 rings (SSSR count). The van der Waals surface area contributed by atoms with Gasteiger partial charge in [-0.25, -0.2) is 0 Å². The van der Waals surface area contributed by atoms with E-state index >= 15 is 0 Å². The van der Waals surface area contributed by atoms with Crippen LogP contribution in [0.4, 0.5) is 0 Å². The predicted molar refractivity (Wildman–Crippen MR) is 124 cm³/mol. The molecule has 3 aromatic rings. The van der Waals surface area contributed by atoms with Crippen molar-refractivity contribution >= 4 is 11.8 Å². The fourth-order valence-corrected chi connectivity index (χ4v) is 3.59. The average Bonchev–Trinajstić information content (AvgIpc) is 2.77. The van der Waals surface area contributed by atoms with Crippen molar-refractivity contribution in [2.24, 2.45) is 0 Å².